The molecule has 18 heteroatoms. The predicted molar refractivity (Wildman–Crippen MR) is 243 cm³/mol. The zero-order valence-corrected chi connectivity index (χ0v) is 41.8. The Morgan fingerprint density at radius 1 is 1.06 bits per heavy atom. The molecule has 3 N–H and O–H groups in total. The first-order valence-corrected chi connectivity index (χ1v) is 24.4. The minimum absolute atomic E-state index is 0.0349. The van der Waals surface area contributed by atoms with Crippen molar-refractivity contribution in [1.82, 2.24) is 30.2 Å². The summed E-state index contributed by atoms with van der Waals surface area (Å²) in [5.74, 6) is -2.00. The number of ether oxygens (including phenoxy) is 3. The van der Waals surface area contributed by atoms with Crippen molar-refractivity contribution >= 4 is 66.3 Å². The number of likely N-dealkylation sites (tertiary alicyclic amines) is 1. The van der Waals surface area contributed by atoms with Gasteiger partial charge in [-0.3, -0.25) is 19.1 Å². The number of thiazole rings is 1. The average Bonchev–Trinajstić information content (AvgIpc) is 4.01. The number of pyridine rings is 1. The second-order valence-electron chi connectivity index (χ2n) is 19.9. The third-order valence-corrected chi connectivity index (χ3v) is 17.7. The standard InChI is InChI=1S/C44H62N6O9S2Si/c1-14-26-20-43(26,37(52)49-61(55,56)42(12)17-18-42)48-38(53)44(62)25(5)32(21-50(44)36(51)34(40(6,7)8)47-39(54)59-41(9,10)11)58-31-19-28(35-46-29(22-60-35)23(2)3)45-33-24(4)30(57-13)16-15-27(31)33/h14-16,19,22-23,25-26,32,34H,1,17-18,20-21H2,2-13,62H3,(H,47,54)(H,48,53)(H,49,52). The fraction of sp³-hybridized carbons (Fsp3) is 0.591. The Bertz CT molecular complexity index is 2420. The molecular weight excluding hydrogens is 849 g/mol. The average molecular weight is 911 g/mol. The summed E-state index contributed by atoms with van der Waals surface area (Å²) in [6.45, 7) is 23.8. The number of aryl methyl sites for hydroxylation is 1. The zero-order valence-electron chi connectivity index (χ0n) is 38.1. The van der Waals surface area contributed by atoms with E-state index in [9.17, 15) is 18.0 Å². The van der Waals surface area contributed by atoms with Crippen LogP contribution in [0.25, 0.3) is 21.6 Å². The fourth-order valence-electron chi connectivity index (χ4n) is 7.94. The van der Waals surface area contributed by atoms with Gasteiger partial charge in [-0.1, -0.05) is 47.6 Å². The van der Waals surface area contributed by atoms with Crippen LogP contribution in [0.5, 0.6) is 11.5 Å². The monoisotopic (exact) mass is 910 g/mol. The Morgan fingerprint density at radius 2 is 1.73 bits per heavy atom. The molecule has 62 heavy (non-hydrogen) atoms. The summed E-state index contributed by atoms with van der Waals surface area (Å²) in [5.41, 5.74) is -0.403. The molecule has 0 radical (unpaired) electrons. The van der Waals surface area contributed by atoms with Crippen molar-refractivity contribution in [1.29, 1.82) is 0 Å². The van der Waals surface area contributed by atoms with Gasteiger partial charge < -0.3 is 29.7 Å². The lowest BCUT2D eigenvalue weighted by molar-refractivity contribution is -0.146. The molecule has 1 aliphatic heterocycles. The summed E-state index contributed by atoms with van der Waals surface area (Å²) in [7, 11) is -2.42. The van der Waals surface area contributed by atoms with Crippen LogP contribution in [0, 0.1) is 24.2 Å². The number of benzene rings is 1. The minimum Gasteiger partial charge on any atom is -0.496 e. The molecule has 15 nitrogen and oxygen atoms in total. The van der Waals surface area contributed by atoms with Crippen LogP contribution in [0.3, 0.4) is 0 Å². The van der Waals surface area contributed by atoms with Gasteiger partial charge in [-0.25, -0.2) is 23.2 Å². The number of fused-ring (bicyclic) bond motifs is 1. The highest BCUT2D eigenvalue weighted by molar-refractivity contribution is 7.91. The van der Waals surface area contributed by atoms with E-state index in [4.69, 9.17) is 24.2 Å². The quantitative estimate of drug-likeness (QED) is 0.153. The highest BCUT2D eigenvalue weighted by Crippen LogP contribution is 2.48. The fourth-order valence-corrected chi connectivity index (χ4v) is 11.1. The van der Waals surface area contributed by atoms with Gasteiger partial charge in [0.1, 0.15) is 50.6 Å². The number of carbonyl (C=O) groups excluding carboxylic acids is 4. The third kappa shape index (κ3) is 8.70. The van der Waals surface area contributed by atoms with Crippen molar-refractivity contribution in [2.75, 3.05) is 13.7 Å². The summed E-state index contributed by atoms with van der Waals surface area (Å²) < 4.78 is 45.9. The third-order valence-electron chi connectivity index (χ3n) is 12.7. The second kappa shape index (κ2) is 16.2. The van der Waals surface area contributed by atoms with Crippen molar-refractivity contribution in [3.63, 3.8) is 0 Å². The molecule has 3 heterocycles. The Balaban J connectivity index is 1.43. The zero-order chi connectivity index (χ0) is 46.1. The molecule has 2 saturated carbocycles. The minimum atomic E-state index is -4.04. The topological polar surface area (TPSA) is 195 Å². The molecule has 3 aromatic rings. The Morgan fingerprint density at radius 3 is 2.26 bits per heavy atom. The molecule has 3 fully saturated rings. The van der Waals surface area contributed by atoms with Crippen molar-refractivity contribution in [2.45, 2.75) is 135 Å². The molecule has 0 spiro atoms. The largest absolute Gasteiger partial charge is 0.496 e. The summed E-state index contributed by atoms with van der Waals surface area (Å²) in [6, 6.07) is 4.36. The van der Waals surface area contributed by atoms with Crippen molar-refractivity contribution < 1.29 is 41.8 Å². The van der Waals surface area contributed by atoms with E-state index in [1.165, 1.54) is 22.3 Å². The highest BCUT2D eigenvalue weighted by atomic mass is 32.2. The predicted octanol–water partition coefficient (Wildman–Crippen LogP) is 5.08. The maximum absolute atomic E-state index is 15.2. The van der Waals surface area contributed by atoms with Crippen LogP contribution < -0.4 is 24.8 Å². The Hall–Kier alpha value is -4.55. The van der Waals surface area contributed by atoms with E-state index in [1.54, 1.807) is 55.6 Å². The number of hydrogen-bond donors (Lipinski definition) is 3. The molecule has 2 aromatic heterocycles. The number of alkyl carbamates (subject to hydrolysis) is 1. The van der Waals surface area contributed by atoms with E-state index >= 15 is 9.59 Å². The number of nitrogens with zero attached hydrogens (tertiary/aromatic N) is 3. The van der Waals surface area contributed by atoms with Gasteiger partial charge >= 0.3 is 6.09 Å². The number of carbonyl (C=O) groups is 4. The first kappa shape index (κ1) is 46.9. The lowest BCUT2D eigenvalue weighted by Crippen LogP contribution is -2.67. The van der Waals surface area contributed by atoms with Crippen molar-refractivity contribution in [3.05, 3.63) is 47.5 Å². The maximum Gasteiger partial charge on any atom is 0.408 e. The van der Waals surface area contributed by atoms with Gasteiger partial charge in [0, 0.05) is 44.5 Å². The van der Waals surface area contributed by atoms with Crippen LogP contribution in [0.2, 0.25) is 0 Å². The summed E-state index contributed by atoms with van der Waals surface area (Å²) >= 11 is 1.47. The van der Waals surface area contributed by atoms with Crippen LogP contribution in [0.1, 0.15) is 106 Å². The van der Waals surface area contributed by atoms with E-state index in [2.05, 4.69) is 35.8 Å². The summed E-state index contributed by atoms with van der Waals surface area (Å²) in [6.07, 6.45) is 0.878. The van der Waals surface area contributed by atoms with Crippen molar-refractivity contribution in [2.24, 2.45) is 17.3 Å². The Kier molecular flexibility index (Phi) is 12.3. The van der Waals surface area contributed by atoms with Gasteiger partial charge in [-0.05, 0) is 77.3 Å². The number of rotatable bonds is 13. The molecule has 6 atom stereocenters. The van der Waals surface area contributed by atoms with E-state index in [1.807, 2.05) is 37.4 Å². The Labute approximate surface area is 372 Å². The van der Waals surface area contributed by atoms with Crippen LogP contribution in [0.4, 0.5) is 4.79 Å². The number of sulfonamides is 1. The molecule has 6 unspecified atom stereocenters. The van der Waals surface area contributed by atoms with E-state index < -0.39 is 84.3 Å². The molecule has 338 valence electrons. The number of nitrogens with one attached hydrogen (secondary N) is 3. The molecule has 3 aliphatic rings. The number of methoxy groups -OCH3 is 1. The number of hydrogen-bond acceptors (Lipinski definition) is 12. The first-order valence-electron chi connectivity index (χ1n) is 21.1. The molecule has 0 bridgehead atoms. The van der Waals surface area contributed by atoms with Gasteiger partial charge in [0.2, 0.25) is 21.8 Å². The number of aromatic nitrogens is 2. The molecule has 1 aromatic carbocycles. The van der Waals surface area contributed by atoms with Gasteiger partial charge in [0.05, 0.1) is 29.6 Å². The van der Waals surface area contributed by atoms with E-state index in [0.29, 0.717) is 45.9 Å². The SMILES string of the molecule is C=CC1CC1(NC(=O)C1([SiH3])C(C)C(Oc2cc(-c3nc(C(C)C)cs3)nc3c(C)c(OC)ccc23)CN1C(=O)C(NC(=O)OC(C)(C)C)C(C)(C)C)C(=O)NS(=O)(=O)C1(C)CC1. The highest BCUT2D eigenvalue weighted by Gasteiger charge is 2.65. The summed E-state index contributed by atoms with van der Waals surface area (Å²) in [5, 5.41) is 7.53. The van der Waals surface area contributed by atoms with Crippen LogP contribution in [0.15, 0.2) is 36.2 Å². The summed E-state index contributed by atoms with van der Waals surface area (Å²) in [4.78, 5) is 69.0. The van der Waals surface area contributed by atoms with Crippen LogP contribution in [-0.2, 0) is 29.1 Å². The van der Waals surface area contributed by atoms with Gasteiger partial charge in [0.25, 0.3) is 5.91 Å². The molecule has 4 amide bonds. The first-order chi connectivity index (χ1) is 28.6. The van der Waals surface area contributed by atoms with Gasteiger partial charge in [0.15, 0.2) is 0 Å². The van der Waals surface area contributed by atoms with Gasteiger partial charge in [-0.15, -0.1) is 17.9 Å². The lowest BCUT2D eigenvalue weighted by Gasteiger charge is -2.41. The number of amides is 4. The molecule has 1 saturated heterocycles. The molecular formula is C44H62N6O9S2Si. The van der Waals surface area contributed by atoms with Crippen molar-refractivity contribution in [3.8, 4) is 22.2 Å². The van der Waals surface area contributed by atoms with Crippen LogP contribution in [-0.4, -0.2) is 104 Å². The lowest BCUT2D eigenvalue weighted by atomic mass is 9.85. The molecule has 6 rings (SSSR count). The van der Waals surface area contributed by atoms with Crippen LogP contribution >= 0.6 is 11.3 Å². The van der Waals surface area contributed by atoms with E-state index in [-0.39, 0.29) is 29.1 Å². The van der Waals surface area contributed by atoms with E-state index in [0.717, 1.165) is 11.3 Å². The normalized spacial score (nSPS) is 24.9. The smallest absolute Gasteiger partial charge is 0.408 e. The second-order valence-corrected chi connectivity index (χ2v) is 24.4. The van der Waals surface area contributed by atoms with Gasteiger partial charge in [-0.2, -0.15) is 0 Å². The maximum atomic E-state index is 15.2. The molecule has 2 aliphatic carbocycles.